The predicted molar refractivity (Wildman–Crippen MR) is 110 cm³/mol. The molecule has 1 aromatic heterocycles. The lowest BCUT2D eigenvalue weighted by molar-refractivity contribution is 0.102. The largest absolute Gasteiger partial charge is 0.322 e. The van der Waals surface area contributed by atoms with Crippen molar-refractivity contribution in [2.24, 2.45) is 0 Å². The van der Waals surface area contributed by atoms with Gasteiger partial charge in [-0.25, -0.2) is 4.98 Å². The van der Waals surface area contributed by atoms with E-state index in [-0.39, 0.29) is 11.5 Å². The van der Waals surface area contributed by atoms with Crippen LogP contribution in [0.3, 0.4) is 0 Å². The molecule has 2 aromatic carbocycles. The van der Waals surface area contributed by atoms with Crippen molar-refractivity contribution in [2.75, 3.05) is 5.32 Å². The summed E-state index contributed by atoms with van der Waals surface area (Å²) in [5, 5.41) is 3.45. The Labute approximate surface area is 165 Å². The van der Waals surface area contributed by atoms with Crippen molar-refractivity contribution in [2.45, 2.75) is 38.6 Å². The van der Waals surface area contributed by atoms with Crippen LogP contribution in [0.1, 0.15) is 41.9 Å². The fraction of sp³-hybridized carbons (Fsp3) is 0.286. The van der Waals surface area contributed by atoms with Crippen LogP contribution in [-0.2, 0) is 13.0 Å². The molecule has 0 fully saturated rings. The Balaban J connectivity index is 1.70. The molecule has 3 aromatic rings. The van der Waals surface area contributed by atoms with Gasteiger partial charge in [0.2, 0.25) is 0 Å². The number of carbonyl (C=O) groups excluding carboxylic acids is 1. The number of hydrogen-bond acceptors (Lipinski definition) is 3. The monoisotopic (exact) mass is 425 g/mol. The van der Waals surface area contributed by atoms with E-state index in [0.29, 0.717) is 22.2 Å². The highest BCUT2D eigenvalue weighted by molar-refractivity contribution is 9.10. The molecule has 27 heavy (non-hydrogen) atoms. The van der Waals surface area contributed by atoms with Gasteiger partial charge < -0.3 is 5.32 Å². The van der Waals surface area contributed by atoms with Crippen LogP contribution < -0.4 is 10.9 Å². The van der Waals surface area contributed by atoms with Gasteiger partial charge in [0.05, 0.1) is 10.9 Å². The van der Waals surface area contributed by atoms with E-state index in [2.05, 4.69) is 21.2 Å². The summed E-state index contributed by atoms with van der Waals surface area (Å²) < 4.78 is 2.70. The van der Waals surface area contributed by atoms with Gasteiger partial charge in [0.15, 0.2) is 0 Å². The summed E-state index contributed by atoms with van der Waals surface area (Å²) >= 11 is 3.40. The molecule has 0 radical (unpaired) electrons. The first-order valence-electron chi connectivity index (χ1n) is 9.22. The molecule has 0 atom stereocenters. The van der Waals surface area contributed by atoms with Gasteiger partial charge in [-0.3, -0.25) is 14.2 Å². The fourth-order valence-corrected chi connectivity index (χ4v) is 3.91. The van der Waals surface area contributed by atoms with Crippen molar-refractivity contribution >= 4 is 38.4 Å². The quantitative estimate of drug-likeness (QED) is 0.655. The van der Waals surface area contributed by atoms with E-state index in [1.807, 2.05) is 28.8 Å². The Morgan fingerprint density at radius 2 is 1.93 bits per heavy atom. The highest BCUT2D eigenvalue weighted by Gasteiger charge is 2.15. The first kappa shape index (κ1) is 17.9. The van der Waals surface area contributed by atoms with Crippen LogP contribution in [-0.4, -0.2) is 15.5 Å². The highest BCUT2D eigenvalue weighted by atomic mass is 79.9. The minimum Gasteiger partial charge on any atom is -0.322 e. The van der Waals surface area contributed by atoms with Crippen LogP contribution in [0.4, 0.5) is 5.69 Å². The summed E-state index contributed by atoms with van der Waals surface area (Å²) in [6.45, 7) is 0.724. The molecule has 1 aliphatic rings. The molecular formula is C21H20BrN3O2. The van der Waals surface area contributed by atoms with Gasteiger partial charge in [0.1, 0.15) is 5.82 Å². The Kier molecular flexibility index (Phi) is 5.07. The number of nitrogens with zero attached hydrogens (tertiary/aromatic N) is 2. The van der Waals surface area contributed by atoms with E-state index in [4.69, 9.17) is 4.98 Å². The second-order valence-electron chi connectivity index (χ2n) is 6.85. The average molecular weight is 426 g/mol. The fourth-order valence-electron chi connectivity index (χ4n) is 3.51. The van der Waals surface area contributed by atoms with Gasteiger partial charge in [-0.15, -0.1) is 0 Å². The van der Waals surface area contributed by atoms with E-state index >= 15 is 0 Å². The second-order valence-corrected chi connectivity index (χ2v) is 7.76. The minimum absolute atomic E-state index is 0.00384. The third-order valence-electron chi connectivity index (χ3n) is 4.91. The van der Waals surface area contributed by atoms with Crippen molar-refractivity contribution in [1.29, 1.82) is 0 Å². The number of rotatable bonds is 2. The molecule has 138 valence electrons. The molecule has 0 saturated heterocycles. The maximum Gasteiger partial charge on any atom is 0.261 e. The summed E-state index contributed by atoms with van der Waals surface area (Å²) in [5.74, 6) is 0.611. The number of aryl methyl sites for hydroxylation is 1. The predicted octanol–water partition coefficient (Wildman–Crippen LogP) is 4.53. The lowest BCUT2D eigenvalue weighted by Crippen LogP contribution is -2.26. The van der Waals surface area contributed by atoms with Crippen molar-refractivity contribution in [3.8, 4) is 0 Å². The number of carbonyl (C=O) groups is 1. The van der Waals surface area contributed by atoms with Gasteiger partial charge in [-0.1, -0.05) is 34.8 Å². The number of hydrogen-bond donors (Lipinski definition) is 1. The molecular weight excluding hydrogens is 406 g/mol. The zero-order valence-electron chi connectivity index (χ0n) is 14.9. The zero-order valence-corrected chi connectivity index (χ0v) is 16.5. The molecule has 0 bridgehead atoms. The van der Waals surface area contributed by atoms with E-state index in [1.54, 1.807) is 18.2 Å². The summed E-state index contributed by atoms with van der Waals surface area (Å²) in [7, 11) is 0. The van der Waals surface area contributed by atoms with E-state index in [0.717, 1.165) is 42.5 Å². The molecule has 0 aliphatic carbocycles. The van der Waals surface area contributed by atoms with Crippen LogP contribution in [0, 0.1) is 0 Å². The summed E-state index contributed by atoms with van der Waals surface area (Å²) in [5.41, 5.74) is 1.79. The van der Waals surface area contributed by atoms with E-state index in [1.165, 1.54) is 6.42 Å². The van der Waals surface area contributed by atoms with E-state index in [9.17, 15) is 9.59 Å². The van der Waals surface area contributed by atoms with Crippen molar-refractivity contribution in [1.82, 2.24) is 9.55 Å². The summed E-state index contributed by atoms with van der Waals surface area (Å²) in [4.78, 5) is 30.2. The Morgan fingerprint density at radius 3 is 2.78 bits per heavy atom. The van der Waals surface area contributed by atoms with Gasteiger partial charge in [0.25, 0.3) is 11.5 Å². The highest BCUT2D eigenvalue weighted by Crippen LogP contribution is 2.19. The minimum atomic E-state index is -0.219. The van der Waals surface area contributed by atoms with Crippen molar-refractivity contribution in [3.05, 3.63) is 68.7 Å². The van der Waals surface area contributed by atoms with Crippen molar-refractivity contribution in [3.63, 3.8) is 0 Å². The van der Waals surface area contributed by atoms with Gasteiger partial charge in [0, 0.05) is 28.7 Å². The molecule has 2 heterocycles. The number of anilines is 1. The average Bonchev–Trinajstić information content (AvgIpc) is 2.63. The lowest BCUT2D eigenvalue weighted by Gasteiger charge is -2.16. The normalized spacial score (nSPS) is 14.3. The number of amides is 1. The Hall–Kier alpha value is -2.47. The molecule has 6 heteroatoms. The SMILES string of the molecule is O=C(Nc1cccc(Br)c1)c1ccc2c(=O)n3c(nc2c1)CCCCCC3. The number of halogens is 1. The first-order valence-corrected chi connectivity index (χ1v) is 10.0. The maximum atomic E-state index is 12.9. The second kappa shape index (κ2) is 7.64. The maximum absolute atomic E-state index is 12.9. The molecule has 5 nitrogen and oxygen atoms in total. The van der Waals surface area contributed by atoms with E-state index < -0.39 is 0 Å². The third-order valence-corrected chi connectivity index (χ3v) is 5.40. The van der Waals surface area contributed by atoms with Gasteiger partial charge in [-0.2, -0.15) is 0 Å². The summed E-state index contributed by atoms with van der Waals surface area (Å²) in [6, 6.07) is 12.5. The number of aromatic nitrogens is 2. The molecule has 0 spiro atoms. The zero-order chi connectivity index (χ0) is 18.8. The number of nitrogens with one attached hydrogen (secondary N) is 1. The molecule has 0 saturated carbocycles. The smallest absolute Gasteiger partial charge is 0.261 e. The Bertz CT molecular complexity index is 1070. The molecule has 1 aliphatic heterocycles. The standard InChI is InChI=1S/C21H20BrN3O2/c22-15-6-5-7-16(13-15)23-20(26)14-9-10-17-18(12-14)24-19-8-3-1-2-4-11-25(19)21(17)27/h5-7,9-10,12-13H,1-4,8,11H2,(H,23,26). The molecule has 4 rings (SSSR count). The number of fused-ring (bicyclic) bond motifs is 2. The lowest BCUT2D eigenvalue weighted by atomic mass is 10.1. The number of benzene rings is 2. The van der Waals surface area contributed by atoms with Crippen LogP contribution in [0.2, 0.25) is 0 Å². The van der Waals surface area contributed by atoms with Crippen LogP contribution in [0.25, 0.3) is 10.9 Å². The summed E-state index contributed by atoms with van der Waals surface area (Å²) in [6.07, 6.45) is 5.18. The van der Waals surface area contributed by atoms with Crippen molar-refractivity contribution < 1.29 is 4.79 Å². The van der Waals surface area contributed by atoms with Gasteiger partial charge in [-0.05, 0) is 49.2 Å². The first-order chi connectivity index (χ1) is 13.1. The van der Waals surface area contributed by atoms with Gasteiger partial charge >= 0.3 is 0 Å². The Morgan fingerprint density at radius 1 is 1.07 bits per heavy atom. The molecule has 1 amide bonds. The van der Waals surface area contributed by atoms with Crippen LogP contribution >= 0.6 is 15.9 Å². The molecule has 1 N–H and O–H groups in total. The molecule has 0 unspecified atom stereocenters. The topological polar surface area (TPSA) is 64.0 Å². The van der Waals surface area contributed by atoms with Crippen LogP contribution in [0.5, 0.6) is 0 Å². The third kappa shape index (κ3) is 3.81. The van der Waals surface area contributed by atoms with Crippen LogP contribution in [0.15, 0.2) is 51.7 Å².